The molecule has 0 saturated carbocycles. The first-order valence-electron chi connectivity index (χ1n) is 2.28. The van der Waals surface area contributed by atoms with Crippen LogP contribution >= 0.6 is 0 Å². The van der Waals surface area contributed by atoms with E-state index in [1.807, 2.05) is 0 Å². The molecule has 0 aliphatic rings. The third-order valence-electron chi connectivity index (χ3n) is 0.615. The predicted octanol–water partition coefficient (Wildman–Crippen LogP) is 2.05. The van der Waals surface area contributed by atoms with Gasteiger partial charge in [0.05, 0.1) is 0 Å². The van der Waals surface area contributed by atoms with Crippen LogP contribution in [0.15, 0.2) is 0 Å². The number of carbonyl (C=O) groups is 1. The van der Waals surface area contributed by atoms with Crippen molar-refractivity contribution in [2.75, 3.05) is 0 Å². The smallest absolute Gasteiger partial charge is 0.376 e. The van der Waals surface area contributed by atoms with E-state index in [0.29, 0.717) is 0 Å². The van der Waals surface area contributed by atoms with Crippen LogP contribution in [0.25, 0.3) is 0 Å². The molecule has 0 atom stereocenters. The second-order valence-corrected chi connectivity index (χ2v) is 1.46. The zero-order chi connectivity index (χ0) is 9.94. The Hall–Kier alpha value is -1.15. The Labute approximate surface area is 61.4 Å². The summed E-state index contributed by atoms with van der Waals surface area (Å²) in [5.74, 6) is 0. The minimum atomic E-state index is -5.20. The van der Waals surface area contributed by atoms with Crippen molar-refractivity contribution in [2.24, 2.45) is 0 Å². The standard InChI is InChI=1S/C3HF6NO2/c4-1(5)3(6,7)12-2(11)10(8)9/h1H. The molecule has 0 spiro atoms. The van der Waals surface area contributed by atoms with E-state index in [4.69, 9.17) is 0 Å². The van der Waals surface area contributed by atoms with Crippen LogP contribution in [0.1, 0.15) is 0 Å². The fraction of sp³-hybridized carbons (Fsp3) is 0.667. The van der Waals surface area contributed by atoms with E-state index < -0.39 is 24.0 Å². The fourth-order valence-electron chi connectivity index (χ4n) is 0.195. The lowest BCUT2D eigenvalue weighted by Crippen LogP contribution is -2.35. The number of hydrogen-bond donors (Lipinski definition) is 0. The maximum absolute atomic E-state index is 11.6. The number of hydrogen-bond acceptors (Lipinski definition) is 2. The Morgan fingerprint density at radius 1 is 1.33 bits per heavy atom. The summed E-state index contributed by atoms with van der Waals surface area (Å²) in [4.78, 5) is 9.60. The Morgan fingerprint density at radius 3 is 2.00 bits per heavy atom. The number of amides is 1. The topological polar surface area (TPSA) is 29.5 Å². The van der Waals surface area contributed by atoms with Crippen molar-refractivity contribution in [1.29, 1.82) is 0 Å². The van der Waals surface area contributed by atoms with E-state index in [2.05, 4.69) is 4.74 Å². The molecule has 0 N–H and O–H groups in total. The molecule has 0 rings (SSSR count). The van der Waals surface area contributed by atoms with Crippen LogP contribution in [0, 0.1) is 0 Å². The molecule has 0 unspecified atom stereocenters. The van der Waals surface area contributed by atoms with Gasteiger partial charge < -0.3 is 4.74 Å². The Balaban J connectivity index is 4.15. The number of carbonyl (C=O) groups excluding carboxylic acids is 1. The van der Waals surface area contributed by atoms with Gasteiger partial charge in [-0.25, -0.2) is 4.79 Å². The van der Waals surface area contributed by atoms with Crippen LogP contribution in [-0.2, 0) is 4.74 Å². The maximum atomic E-state index is 11.6. The molecule has 1 amide bonds. The number of nitrogens with zero attached hydrogens (tertiary/aromatic N) is 1. The van der Waals surface area contributed by atoms with Crippen molar-refractivity contribution in [2.45, 2.75) is 12.5 Å². The molecule has 0 aromatic heterocycles. The van der Waals surface area contributed by atoms with Crippen LogP contribution < -0.4 is 0 Å². The Morgan fingerprint density at radius 2 is 1.75 bits per heavy atom. The first-order valence-corrected chi connectivity index (χ1v) is 2.28. The van der Waals surface area contributed by atoms with Gasteiger partial charge in [0.1, 0.15) is 0 Å². The average molecular weight is 197 g/mol. The van der Waals surface area contributed by atoms with Gasteiger partial charge in [-0.1, -0.05) is 8.96 Å². The van der Waals surface area contributed by atoms with E-state index in [1.54, 1.807) is 0 Å². The highest BCUT2D eigenvalue weighted by Crippen LogP contribution is 2.25. The van der Waals surface area contributed by atoms with Crippen molar-refractivity contribution in [3.63, 3.8) is 0 Å². The highest BCUT2D eigenvalue weighted by Gasteiger charge is 2.47. The second-order valence-electron chi connectivity index (χ2n) is 1.46. The summed E-state index contributed by atoms with van der Waals surface area (Å²) in [6, 6.07) is 0. The molecule has 0 heterocycles. The largest absolute Gasteiger partial charge is 0.473 e. The van der Waals surface area contributed by atoms with E-state index in [-0.39, 0.29) is 0 Å². The van der Waals surface area contributed by atoms with Crippen molar-refractivity contribution >= 4 is 6.09 Å². The quantitative estimate of drug-likeness (QED) is 0.500. The molecule has 0 fully saturated rings. The van der Waals surface area contributed by atoms with Gasteiger partial charge in [0.25, 0.3) is 0 Å². The van der Waals surface area contributed by atoms with Crippen molar-refractivity contribution in [3.05, 3.63) is 0 Å². The number of ether oxygens (including phenoxy) is 1. The molecule has 72 valence electrons. The molecular weight excluding hydrogens is 196 g/mol. The highest BCUT2D eigenvalue weighted by atomic mass is 19.4. The summed E-state index contributed by atoms with van der Waals surface area (Å²) in [5.41, 5.74) is 0. The third-order valence-corrected chi connectivity index (χ3v) is 0.615. The summed E-state index contributed by atoms with van der Waals surface area (Å²) < 4.78 is 69.9. The second kappa shape index (κ2) is 3.50. The number of alkyl halides is 4. The lowest BCUT2D eigenvalue weighted by Gasteiger charge is -2.14. The molecular formula is C3HF6NO2. The molecule has 0 aromatic carbocycles. The minimum absolute atomic E-state index is 2.38. The van der Waals surface area contributed by atoms with E-state index in [1.165, 1.54) is 0 Å². The summed E-state index contributed by atoms with van der Waals surface area (Å²) in [6.45, 7) is 0. The van der Waals surface area contributed by atoms with E-state index >= 15 is 0 Å². The monoisotopic (exact) mass is 197 g/mol. The minimum Gasteiger partial charge on any atom is -0.376 e. The van der Waals surface area contributed by atoms with Crippen LogP contribution in [0.3, 0.4) is 0 Å². The summed E-state index contributed by atoms with van der Waals surface area (Å²) in [6.07, 6.45) is -12.4. The van der Waals surface area contributed by atoms with Crippen molar-refractivity contribution in [1.82, 2.24) is 5.34 Å². The van der Waals surface area contributed by atoms with Crippen LogP contribution in [-0.4, -0.2) is 24.0 Å². The molecule has 0 radical (unpaired) electrons. The van der Waals surface area contributed by atoms with Crippen LogP contribution in [0.4, 0.5) is 31.3 Å². The fourth-order valence-corrected chi connectivity index (χ4v) is 0.195. The summed E-state index contributed by atoms with van der Waals surface area (Å²) >= 11 is 0. The van der Waals surface area contributed by atoms with Crippen LogP contribution in [0.2, 0.25) is 0 Å². The molecule has 0 saturated heterocycles. The highest BCUT2D eigenvalue weighted by molar-refractivity contribution is 5.65. The van der Waals surface area contributed by atoms with Gasteiger partial charge in [0, 0.05) is 5.34 Å². The first kappa shape index (κ1) is 10.8. The van der Waals surface area contributed by atoms with Gasteiger partial charge in [-0.15, -0.1) is 0 Å². The lowest BCUT2D eigenvalue weighted by atomic mass is 10.6. The zero-order valence-corrected chi connectivity index (χ0v) is 5.11. The SMILES string of the molecule is O=C(OC(F)(F)C(F)F)N(F)F. The number of halogens is 6. The van der Waals surface area contributed by atoms with E-state index in [9.17, 15) is 31.3 Å². The Bertz CT molecular complexity index is 170. The van der Waals surface area contributed by atoms with E-state index in [0.717, 1.165) is 0 Å². The van der Waals surface area contributed by atoms with Gasteiger partial charge in [-0.3, -0.25) is 0 Å². The molecule has 0 aliphatic heterocycles. The maximum Gasteiger partial charge on any atom is 0.473 e. The van der Waals surface area contributed by atoms with Crippen molar-refractivity contribution in [3.8, 4) is 0 Å². The lowest BCUT2D eigenvalue weighted by molar-refractivity contribution is -0.286. The average Bonchev–Trinajstić information content (AvgIpc) is 1.85. The summed E-state index contributed by atoms with van der Waals surface area (Å²) in [7, 11) is 0. The van der Waals surface area contributed by atoms with Gasteiger partial charge >= 0.3 is 18.6 Å². The third kappa shape index (κ3) is 2.84. The molecule has 0 aromatic rings. The normalized spacial score (nSPS) is 11.6. The Kier molecular flexibility index (Phi) is 3.16. The van der Waals surface area contributed by atoms with Gasteiger partial charge in [-0.2, -0.15) is 17.6 Å². The predicted molar refractivity (Wildman–Crippen MR) is 21.5 cm³/mol. The number of rotatable bonds is 2. The van der Waals surface area contributed by atoms with Crippen molar-refractivity contribution < 1.29 is 36.1 Å². The molecule has 0 bridgehead atoms. The zero-order valence-electron chi connectivity index (χ0n) is 5.11. The molecule has 0 aliphatic carbocycles. The molecule has 3 nitrogen and oxygen atoms in total. The van der Waals surface area contributed by atoms with Gasteiger partial charge in [0.2, 0.25) is 0 Å². The molecule has 12 heavy (non-hydrogen) atoms. The molecule has 9 heteroatoms. The summed E-state index contributed by atoms with van der Waals surface area (Å²) in [5, 5.41) is -2.38. The first-order chi connectivity index (χ1) is 5.27. The van der Waals surface area contributed by atoms with Crippen LogP contribution in [0.5, 0.6) is 0 Å². The van der Waals surface area contributed by atoms with Gasteiger partial charge in [-0.05, 0) is 0 Å². The van der Waals surface area contributed by atoms with Gasteiger partial charge in [0.15, 0.2) is 0 Å².